The van der Waals surface area contributed by atoms with Crippen molar-refractivity contribution in [3.63, 3.8) is 0 Å². The molecule has 4 heteroatoms. The molecule has 1 aromatic rings. The van der Waals surface area contributed by atoms with Crippen LogP contribution in [-0.4, -0.2) is 18.2 Å². The molecule has 0 aromatic heterocycles. The average Bonchev–Trinajstić information content (AvgIpc) is 2.93. The number of halogens is 2. The van der Waals surface area contributed by atoms with Crippen molar-refractivity contribution in [1.82, 2.24) is 5.32 Å². The van der Waals surface area contributed by atoms with Crippen LogP contribution in [0, 0.1) is 23.5 Å². The predicted molar refractivity (Wildman–Crippen MR) is 78.0 cm³/mol. The number of phenols is 1. The van der Waals surface area contributed by atoms with E-state index in [1.165, 1.54) is 11.6 Å². The van der Waals surface area contributed by atoms with Gasteiger partial charge in [-0.25, -0.2) is 8.78 Å². The first-order valence-corrected chi connectivity index (χ1v) is 7.39. The van der Waals surface area contributed by atoms with E-state index in [2.05, 4.69) is 23.5 Å². The Hall–Kier alpha value is -1.68. The Labute approximate surface area is 123 Å². The first kappa shape index (κ1) is 14.3. The number of aromatic hydroxyl groups is 1. The van der Waals surface area contributed by atoms with E-state index < -0.39 is 17.4 Å². The van der Waals surface area contributed by atoms with Gasteiger partial charge in [-0.3, -0.25) is 0 Å². The van der Waals surface area contributed by atoms with Crippen LogP contribution in [0.1, 0.15) is 18.4 Å². The lowest BCUT2D eigenvalue weighted by Crippen LogP contribution is -2.17. The second kappa shape index (κ2) is 5.98. The molecule has 21 heavy (non-hydrogen) atoms. The first-order chi connectivity index (χ1) is 10.1. The standard InChI is InChI=1S/C17H19F2NO/c18-14-7-12(17(21)16(19)8-14)6-13-9-20-10-15(13)11-4-2-1-3-5-11/h2,4-5,7-8,13,15,20-21H,1,3,6,9-10H2. The summed E-state index contributed by atoms with van der Waals surface area (Å²) >= 11 is 0. The van der Waals surface area contributed by atoms with E-state index in [1.54, 1.807) is 0 Å². The molecule has 2 nitrogen and oxygen atoms in total. The molecule has 2 aliphatic rings. The van der Waals surface area contributed by atoms with Crippen LogP contribution in [0.15, 0.2) is 35.9 Å². The molecule has 0 spiro atoms. The molecular formula is C17H19F2NO. The van der Waals surface area contributed by atoms with E-state index in [0.717, 1.165) is 32.0 Å². The zero-order valence-corrected chi connectivity index (χ0v) is 11.8. The highest BCUT2D eigenvalue weighted by molar-refractivity contribution is 5.36. The highest BCUT2D eigenvalue weighted by Crippen LogP contribution is 2.33. The summed E-state index contributed by atoms with van der Waals surface area (Å²) in [5.41, 5.74) is 1.65. The Morgan fingerprint density at radius 2 is 2.05 bits per heavy atom. The molecule has 2 unspecified atom stereocenters. The van der Waals surface area contributed by atoms with Gasteiger partial charge in [0.25, 0.3) is 0 Å². The third-order valence-electron chi connectivity index (χ3n) is 4.38. The maximum Gasteiger partial charge on any atom is 0.168 e. The van der Waals surface area contributed by atoms with Crippen molar-refractivity contribution in [2.45, 2.75) is 19.3 Å². The molecule has 1 aliphatic heterocycles. The summed E-state index contributed by atoms with van der Waals surface area (Å²) in [6.45, 7) is 1.67. The van der Waals surface area contributed by atoms with Crippen LogP contribution >= 0.6 is 0 Å². The van der Waals surface area contributed by atoms with Crippen LogP contribution in [0.4, 0.5) is 8.78 Å². The Morgan fingerprint density at radius 1 is 1.19 bits per heavy atom. The Morgan fingerprint density at radius 3 is 2.81 bits per heavy atom. The van der Waals surface area contributed by atoms with E-state index in [0.29, 0.717) is 17.9 Å². The highest BCUT2D eigenvalue weighted by Gasteiger charge is 2.30. The van der Waals surface area contributed by atoms with Gasteiger partial charge in [-0.05, 0) is 43.4 Å². The van der Waals surface area contributed by atoms with Crippen molar-refractivity contribution < 1.29 is 13.9 Å². The van der Waals surface area contributed by atoms with Crippen LogP contribution in [0.5, 0.6) is 5.75 Å². The van der Waals surface area contributed by atoms with E-state index in [-0.39, 0.29) is 5.92 Å². The topological polar surface area (TPSA) is 32.3 Å². The molecule has 1 fully saturated rings. The van der Waals surface area contributed by atoms with Gasteiger partial charge in [0.15, 0.2) is 11.6 Å². The minimum Gasteiger partial charge on any atom is -0.505 e. The molecule has 0 amide bonds. The highest BCUT2D eigenvalue weighted by atomic mass is 19.1. The van der Waals surface area contributed by atoms with Crippen molar-refractivity contribution in [3.8, 4) is 5.75 Å². The second-order valence-electron chi connectivity index (χ2n) is 5.81. The van der Waals surface area contributed by atoms with Gasteiger partial charge >= 0.3 is 0 Å². The van der Waals surface area contributed by atoms with Crippen LogP contribution in [0.3, 0.4) is 0 Å². The lowest BCUT2D eigenvalue weighted by molar-refractivity contribution is 0.406. The van der Waals surface area contributed by atoms with Gasteiger partial charge in [0, 0.05) is 24.1 Å². The van der Waals surface area contributed by atoms with Gasteiger partial charge in [-0.1, -0.05) is 18.2 Å². The fraction of sp³-hybridized carbons (Fsp3) is 0.412. The van der Waals surface area contributed by atoms with E-state index in [9.17, 15) is 13.9 Å². The van der Waals surface area contributed by atoms with Crippen molar-refractivity contribution in [3.05, 3.63) is 53.1 Å². The molecule has 2 atom stereocenters. The molecule has 3 rings (SSSR count). The van der Waals surface area contributed by atoms with Crippen LogP contribution < -0.4 is 5.32 Å². The number of benzene rings is 1. The third kappa shape index (κ3) is 3.00. The summed E-state index contributed by atoms with van der Waals surface area (Å²) in [5, 5.41) is 13.1. The minimum atomic E-state index is -0.885. The molecule has 112 valence electrons. The Bertz CT molecular complexity index is 595. The predicted octanol–water partition coefficient (Wildman–Crippen LogP) is 3.32. The van der Waals surface area contributed by atoms with Gasteiger partial charge in [-0.2, -0.15) is 0 Å². The summed E-state index contributed by atoms with van der Waals surface area (Å²) < 4.78 is 26.8. The van der Waals surface area contributed by atoms with Gasteiger partial charge in [-0.15, -0.1) is 0 Å². The summed E-state index contributed by atoms with van der Waals surface area (Å²) in [7, 11) is 0. The van der Waals surface area contributed by atoms with Crippen LogP contribution in [0.2, 0.25) is 0 Å². The van der Waals surface area contributed by atoms with E-state index >= 15 is 0 Å². The lowest BCUT2D eigenvalue weighted by atomic mass is 9.82. The molecule has 1 heterocycles. The normalized spacial score (nSPS) is 25.1. The number of nitrogens with one attached hydrogen (secondary N) is 1. The summed E-state index contributed by atoms with van der Waals surface area (Å²) in [5.74, 6) is -1.36. The quantitative estimate of drug-likeness (QED) is 0.895. The lowest BCUT2D eigenvalue weighted by Gasteiger charge is -2.22. The molecule has 0 saturated carbocycles. The summed E-state index contributed by atoms with van der Waals surface area (Å²) in [6.07, 6.45) is 9.17. The van der Waals surface area contributed by atoms with Crippen molar-refractivity contribution in [1.29, 1.82) is 0 Å². The molecule has 0 bridgehead atoms. The van der Waals surface area contributed by atoms with Gasteiger partial charge in [0.05, 0.1) is 0 Å². The summed E-state index contributed by atoms with van der Waals surface area (Å²) in [6, 6.07) is 1.95. The molecule has 2 N–H and O–H groups in total. The number of hydrogen-bond donors (Lipinski definition) is 2. The smallest absolute Gasteiger partial charge is 0.168 e. The molecular weight excluding hydrogens is 272 g/mol. The van der Waals surface area contributed by atoms with Crippen LogP contribution in [-0.2, 0) is 6.42 Å². The molecule has 1 aromatic carbocycles. The number of hydrogen-bond acceptors (Lipinski definition) is 2. The fourth-order valence-electron chi connectivity index (χ4n) is 3.30. The largest absolute Gasteiger partial charge is 0.505 e. The van der Waals surface area contributed by atoms with Crippen molar-refractivity contribution >= 4 is 0 Å². The van der Waals surface area contributed by atoms with E-state index in [4.69, 9.17) is 0 Å². The monoisotopic (exact) mass is 291 g/mol. The van der Waals surface area contributed by atoms with Crippen LogP contribution in [0.25, 0.3) is 0 Å². The van der Waals surface area contributed by atoms with Crippen molar-refractivity contribution in [2.75, 3.05) is 13.1 Å². The number of allylic oxidation sites excluding steroid dienone is 3. The molecule has 1 aliphatic carbocycles. The zero-order valence-electron chi connectivity index (χ0n) is 11.8. The summed E-state index contributed by atoms with van der Waals surface area (Å²) in [4.78, 5) is 0. The van der Waals surface area contributed by atoms with Crippen molar-refractivity contribution in [2.24, 2.45) is 11.8 Å². The number of rotatable bonds is 3. The maximum absolute atomic E-state index is 13.4. The second-order valence-corrected chi connectivity index (χ2v) is 5.81. The van der Waals surface area contributed by atoms with Gasteiger partial charge < -0.3 is 10.4 Å². The SMILES string of the molecule is Oc1c(F)cc(F)cc1CC1CNCC1C1=CCCC=C1. The molecule has 0 radical (unpaired) electrons. The zero-order chi connectivity index (χ0) is 14.8. The Kier molecular flexibility index (Phi) is 4.06. The number of phenolic OH excluding ortho intramolecular Hbond substituents is 1. The minimum absolute atomic E-state index is 0.242. The van der Waals surface area contributed by atoms with Gasteiger partial charge in [0.2, 0.25) is 0 Å². The Balaban J connectivity index is 1.81. The van der Waals surface area contributed by atoms with E-state index in [1.807, 2.05) is 0 Å². The fourth-order valence-corrected chi connectivity index (χ4v) is 3.30. The molecule has 1 saturated heterocycles. The average molecular weight is 291 g/mol. The first-order valence-electron chi connectivity index (χ1n) is 7.39. The van der Waals surface area contributed by atoms with Gasteiger partial charge in [0.1, 0.15) is 5.82 Å². The third-order valence-corrected chi connectivity index (χ3v) is 4.38. The maximum atomic E-state index is 13.4.